The van der Waals surface area contributed by atoms with Crippen LogP contribution in [0.25, 0.3) is 0 Å². The molecule has 0 atom stereocenters. The van der Waals surface area contributed by atoms with E-state index in [0.717, 1.165) is 6.42 Å². The number of nitrogens with one attached hydrogen (secondary N) is 1. The fraction of sp³-hybridized carbons (Fsp3) is 0.500. The zero-order chi connectivity index (χ0) is 12.0. The van der Waals surface area contributed by atoms with Crippen molar-refractivity contribution in [2.45, 2.75) is 19.8 Å². The first-order valence-corrected chi connectivity index (χ1v) is 5.07. The van der Waals surface area contributed by atoms with Crippen LogP contribution >= 0.6 is 0 Å². The number of aromatic nitrogens is 2. The molecule has 0 aromatic carbocycles. The molecule has 0 fully saturated rings. The lowest BCUT2D eigenvalue weighted by atomic mass is 10.3. The van der Waals surface area contributed by atoms with Gasteiger partial charge in [-0.1, -0.05) is 0 Å². The molecule has 6 heteroatoms. The zero-order valence-electron chi connectivity index (χ0n) is 9.10. The zero-order valence-corrected chi connectivity index (χ0v) is 9.10. The van der Waals surface area contributed by atoms with Crippen molar-refractivity contribution in [1.29, 1.82) is 0 Å². The number of anilines is 1. The van der Waals surface area contributed by atoms with Gasteiger partial charge in [0.05, 0.1) is 0 Å². The highest BCUT2D eigenvalue weighted by atomic mass is 16.4. The highest BCUT2D eigenvalue weighted by Gasteiger charge is 2.07. The normalized spacial score (nSPS) is 10.1. The molecule has 0 amide bonds. The molecule has 3 N–H and O–H groups in total. The number of aryl methyl sites for hydroxylation is 1. The Morgan fingerprint density at radius 1 is 1.44 bits per heavy atom. The van der Waals surface area contributed by atoms with Gasteiger partial charge in [-0.2, -0.15) is 0 Å². The van der Waals surface area contributed by atoms with Gasteiger partial charge in [0.1, 0.15) is 0 Å². The van der Waals surface area contributed by atoms with E-state index in [4.69, 9.17) is 10.2 Å². The highest BCUT2D eigenvalue weighted by molar-refractivity contribution is 5.85. The summed E-state index contributed by atoms with van der Waals surface area (Å²) in [5.74, 6) is -0.751. The number of carboxylic acid groups (broad SMARTS) is 1. The Hall–Kier alpha value is -1.69. The first-order valence-electron chi connectivity index (χ1n) is 5.07. The Morgan fingerprint density at radius 2 is 2.19 bits per heavy atom. The third-order valence-electron chi connectivity index (χ3n) is 1.94. The summed E-state index contributed by atoms with van der Waals surface area (Å²) in [5, 5.41) is 20.3. The number of hydrogen-bond acceptors (Lipinski definition) is 5. The van der Waals surface area contributed by atoms with Gasteiger partial charge in [0, 0.05) is 18.8 Å². The van der Waals surface area contributed by atoms with Crippen LogP contribution in [0.3, 0.4) is 0 Å². The van der Waals surface area contributed by atoms with E-state index in [2.05, 4.69) is 15.3 Å². The van der Waals surface area contributed by atoms with Gasteiger partial charge in [-0.15, -0.1) is 0 Å². The number of hydrogen-bond donors (Lipinski definition) is 3. The maximum absolute atomic E-state index is 10.7. The van der Waals surface area contributed by atoms with Gasteiger partial charge in [0.2, 0.25) is 5.95 Å². The number of aromatic carboxylic acids is 1. The predicted octanol–water partition coefficient (Wildman–Crippen LogP) is 0.668. The third kappa shape index (κ3) is 3.82. The van der Waals surface area contributed by atoms with Crippen molar-refractivity contribution in [2.24, 2.45) is 0 Å². The molecule has 1 aromatic rings. The molecule has 1 rings (SSSR count). The van der Waals surface area contributed by atoms with Crippen molar-refractivity contribution in [2.75, 3.05) is 18.5 Å². The topological polar surface area (TPSA) is 95.3 Å². The Kier molecular flexibility index (Phi) is 4.65. The van der Waals surface area contributed by atoms with E-state index in [-0.39, 0.29) is 12.3 Å². The first-order chi connectivity index (χ1) is 7.63. The minimum atomic E-state index is -1.07. The third-order valence-corrected chi connectivity index (χ3v) is 1.94. The van der Waals surface area contributed by atoms with Crippen LogP contribution in [0.15, 0.2) is 6.07 Å². The van der Waals surface area contributed by atoms with Crippen molar-refractivity contribution in [3.05, 3.63) is 17.5 Å². The standard InChI is InChI=1S/C10H15N3O3/c1-7-6-8(9(15)16)13-10(12-7)11-4-2-3-5-14/h6,14H,2-5H2,1H3,(H,15,16)(H,11,12,13). The van der Waals surface area contributed by atoms with E-state index in [1.165, 1.54) is 6.07 Å². The summed E-state index contributed by atoms with van der Waals surface area (Å²) in [6, 6.07) is 1.42. The monoisotopic (exact) mass is 225 g/mol. The number of aliphatic hydroxyl groups excluding tert-OH is 1. The number of rotatable bonds is 6. The van der Waals surface area contributed by atoms with E-state index in [0.29, 0.717) is 24.6 Å². The smallest absolute Gasteiger partial charge is 0.354 e. The molecule has 0 aliphatic heterocycles. The van der Waals surface area contributed by atoms with Crippen LogP contribution in [-0.2, 0) is 0 Å². The molecule has 0 radical (unpaired) electrons. The summed E-state index contributed by atoms with van der Waals surface area (Å²) in [5.41, 5.74) is 0.592. The molecule has 88 valence electrons. The minimum Gasteiger partial charge on any atom is -0.477 e. The number of nitrogens with zero attached hydrogens (tertiary/aromatic N) is 2. The summed E-state index contributed by atoms with van der Waals surface area (Å²) in [7, 11) is 0. The molecular weight excluding hydrogens is 210 g/mol. The second-order valence-electron chi connectivity index (χ2n) is 3.38. The molecule has 0 saturated heterocycles. The molecule has 0 bridgehead atoms. The minimum absolute atomic E-state index is 0.0165. The lowest BCUT2D eigenvalue weighted by Gasteiger charge is -2.05. The van der Waals surface area contributed by atoms with Crippen LogP contribution in [0, 0.1) is 6.92 Å². The van der Waals surface area contributed by atoms with Crippen LogP contribution in [0.1, 0.15) is 29.0 Å². The second kappa shape index (κ2) is 6.02. The average Bonchev–Trinajstić information content (AvgIpc) is 2.23. The number of carboxylic acids is 1. The van der Waals surface area contributed by atoms with Gasteiger partial charge >= 0.3 is 5.97 Å². The summed E-state index contributed by atoms with van der Waals surface area (Å²) >= 11 is 0. The fourth-order valence-electron chi connectivity index (χ4n) is 1.19. The number of aliphatic hydroxyl groups is 1. The highest BCUT2D eigenvalue weighted by Crippen LogP contribution is 2.05. The van der Waals surface area contributed by atoms with Crippen LogP contribution in [0.4, 0.5) is 5.95 Å². The Balaban J connectivity index is 2.62. The average molecular weight is 225 g/mol. The second-order valence-corrected chi connectivity index (χ2v) is 3.38. The van der Waals surface area contributed by atoms with E-state index >= 15 is 0 Å². The Labute approximate surface area is 93.4 Å². The number of unbranched alkanes of at least 4 members (excludes halogenated alkanes) is 1. The molecule has 0 spiro atoms. The van der Waals surface area contributed by atoms with E-state index in [1.54, 1.807) is 6.92 Å². The quantitative estimate of drug-likeness (QED) is 0.616. The van der Waals surface area contributed by atoms with Crippen LogP contribution < -0.4 is 5.32 Å². The first kappa shape index (κ1) is 12.4. The van der Waals surface area contributed by atoms with E-state index in [9.17, 15) is 4.79 Å². The van der Waals surface area contributed by atoms with Gasteiger partial charge in [-0.05, 0) is 25.8 Å². The Bertz CT molecular complexity index is 368. The molecule has 0 saturated carbocycles. The summed E-state index contributed by atoms with van der Waals surface area (Å²) in [6.45, 7) is 2.48. The lowest BCUT2D eigenvalue weighted by Crippen LogP contribution is -2.10. The summed E-state index contributed by atoms with van der Waals surface area (Å²) < 4.78 is 0. The molecule has 1 heterocycles. The molecule has 6 nitrogen and oxygen atoms in total. The van der Waals surface area contributed by atoms with Gasteiger partial charge < -0.3 is 15.5 Å². The SMILES string of the molecule is Cc1cc(C(=O)O)nc(NCCCCO)n1. The maximum atomic E-state index is 10.7. The fourth-order valence-corrected chi connectivity index (χ4v) is 1.19. The molecule has 0 unspecified atom stereocenters. The van der Waals surface area contributed by atoms with Crippen LogP contribution in [0.2, 0.25) is 0 Å². The lowest BCUT2D eigenvalue weighted by molar-refractivity contribution is 0.0690. The van der Waals surface area contributed by atoms with Crippen molar-refractivity contribution < 1.29 is 15.0 Å². The molecular formula is C10H15N3O3. The largest absolute Gasteiger partial charge is 0.477 e. The predicted molar refractivity (Wildman–Crippen MR) is 58.5 cm³/mol. The van der Waals surface area contributed by atoms with Crippen LogP contribution in [-0.4, -0.2) is 39.3 Å². The molecule has 0 aliphatic carbocycles. The molecule has 1 aromatic heterocycles. The Morgan fingerprint density at radius 3 is 2.81 bits per heavy atom. The van der Waals surface area contributed by atoms with Crippen molar-refractivity contribution in [3.63, 3.8) is 0 Å². The van der Waals surface area contributed by atoms with Gasteiger partial charge in [0.15, 0.2) is 5.69 Å². The number of carbonyl (C=O) groups is 1. The summed E-state index contributed by atoms with van der Waals surface area (Å²) in [6.07, 6.45) is 1.49. The van der Waals surface area contributed by atoms with Crippen molar-refractivity contribution >= 4 is 11.9 Å². The van der Waals surface area contributed by atoms with Gasteiger partial charge in [-0.25, -0.2) is 14.8 Å². The van der Waals surface area contributed by atoms with Gasteiger partial charge in [0.25, 0.3) is 0 Å². The van der Waals surface area contributed by atoms with Gasteiger partial charge in [-0.3, -0.25) is 0 Å². The van der Waals surface area contributed by atoms with E-state index in [1.807, 2.05) is 0 Å². The van der Waals surface area contributed by atoms with E-state index < -0.39 is 5.97 Å². The van der Waals surface area contributed by atoms with Crippen LogP contribution in [0.5, 0.6) is 0 Å². The summed E-state index contributed by atoms with van der Waals surface area (Å²) in [4.78, 5) is 18.6. The van der Waals surface area contributed by atoms with Crippen molar-refractivity contribution in [1.82, 2.24) is 9.97 Å². The van der Waals surface area contributed by atoms with Crippen molar-refractivity contribution in [3.8, 4) is 0 Å². The molecule has 0 aliphatic rings. The molecule has 16 heavy (non-hydrogen) atoms. The maximum Gasteiger partial charge on any atom is 0.354 e.